The second-order valence-corrected chi connectivity index (χ2v) is 8.12. The van der Waals surface area contributed by atoms with E-state index in [1.807, 2.05) is 29.7 Å². The van der Waals surface area contributed by atoms with Crippen LogP contribution in [-0.4, -0.2) is 64.2 Å². The number of ether oxygens (including phenoxy) is 1. The number of rotatable bonds is 5. The molecular weight excluding hydrogens is 387 g/mol. The minimum atomic E-state index is -0.330. The van der Waals surface area contributed by atoms with Gasteiger partial charge in [-0.2, -0.15) is 5.10 Å². The Balaban J connectivity index is 1.63. The number of benzene rings is 1. The van der Waals surface area contributed by atoms with Crippen LogP contribution in [0.15, 0.2) is 30.5 Å². The van der Waals surface area contributed by atoms with Gasteiger partial charge in [-0.1, -0.05) is 12.1 Å². The standard InChI is InChI=1S/C22H27FN4O3/c1-4-30-13-20(28)26-9-16-10-27(22(29)18-11-25(3)24-14(18)2)21(19(16)12-26)15-6-5-7-17(23)8-15/h5-8,11,16,19,21H,4,9-10,12-13H2,1-3H3/t16-,19-,21+/m0/s1. The maximum Gasteiger partial charge on any atom is 0.257 e. The van der Waals surface area contributed by atoms with Crippen LogP contribution in [0.4, 0.5) is 4.39 Å². The van der Waals surface area contributed by atoms with Crippen molar-refractivity contribution in [3.05, 3.63) is 53.1 Å². The number of carbonyl (C=O) groups is 2. The Labute approximate surface area is 175 Å². The molecule has 2 saturated heterocycles. The van der Waals surface area contributed by atoms with E-state index in [0.29, 0.717) is 37.5 Å². The Morgan fingerprint density at radius 3 is 2.73 bits per heavy atom. The van der Waals surface area contributed by atoms with Crippen LogP contribution in [0.25, 0.3) is 0 Å². The third-order valence-electron chi connectivity index (χ3n) is 6.14. The van der Waals surface area contributed by atoms with E-state index in [9.17, 15) is 14.0 Å². The van der Waals surface area contributed by atoms with E-state index in [-0.39, 0.29) is 42.1 Å². The Morgan fingerprint density at radius 1 is 1.27 bits per heavy atom. The van der Waals surface area contributed by atoms with Crippen LogP contribution in [0.1, 0.15) is 34.6 Å². The van der Waals surface area contributed by atoms with Crippen LogP contribution in [0, 0.1) is 24.6 Å². The van der Waals surface area contributed by atoms with Crippen LogP contribution in [0.2, 0.25) is 0 Å². The van der Waals surface area contributed by atoms with Gasteiger partial charge in [0.2, 0.25) is 5.91 Å². The molecule has 0 spiro atoms. The van der Waals surface area contributed by atoms with Gasteiger partial charge in [-0.25, -0.2) is 4.39 Å². The average molecular weight is 414 g/mol. The number of likely N-dealkylation sites (tertiary alicyclic amines) is 2. The fraction of sp³-hybridized carbons (Fsp3) is 0.500. The first-order valence-electron chi connectivity index (χ1n) is 10.3. The fourth-order valence-corrected chi connectivity index (χ4v) is 4.82. The van der Waals surface area contributed by atoms with Crippen molar-refractivity contribution in [3.63, 3.8) is 0 Å². The third kappa shape index (κ3) is 3.71. The molecule has 7 nitrogen and oxygen atoms in total. The molecule has 2 aliphatic rings. The molecule has 0 N–H and O–H groups in total. The molecule has 30 heavy (non-hydrogen) atoms. The van der Waals surface area contributed by atoms with Gasteiger partial charge in [0.1, 0.15) is 12.4 Å². The summed E-state index contributed by atoms with van der Waals surface area (Å²) in [5, 5.41) is 4.29. The summed E-state index contributed by atoms with van der Waals surface area (Å²) in [7, 11) is 1.79. The van der Waals surface area contributed by atoms with E-state index in [2.05, 4.69) is 5.10 Å². The Morgan fingerprint density at radius 2 is 2.07 bits per heavy atom. The predicted molar refractivity (Wildman–Crippen MR) is 108 cm³/mol. The molecule has 1 aromatic heterocycles. The number of hydrogen-bond acceptors (Lipinski definition) is 4. The van der Waals surface area contributed by atoms with Gasteiger partial charge in [0.15, 0.2) is 0 Å². The number of carbonyl (C=O) groups excluding carboxylic acids is 2. The minimum absolute atomic E-state index is 0.0368. The number of nitrogens with zero attached hydrogens (tertiary/aromatic N) is 4. The Hall–Kier alpha value is -2.74. The highest BCUT2D eigenvalue weighted by molar-refractivity contribution is 5.95. The second kappa shape index (κ2) is 8.18. The van der Waals surface area contributed by atoms with Crippen molar-refractivity contribution < 1.29 is 18.7 Å². The van der Waals surface area contributed by atoms with Crippen LogP contribution in [0.3, 0.4) is 0 Å². The van der Waals surface area contributed by atoms with E-state index in [0.717, 1.165) is 5.56 Å². The van der Waals surface area contributed by atoms with Gasteiger partial charge in [0.05, 0.1) is 17.3 Å². The first-order chi connectivity index (χ1) is 14.4. The highest BCUT2D eigenvalue weighted by Gasteiger charge is 2.50. The molecule has 2 fully saturated rings. The molecule has 0 unspecified atom stereocenters. The Kier molecular flexibility index (Phi) is 5.60. The highest BCUT2D eigenvalue weighted by atomic mass is 19.1. The summed E-state index contributed by atoms with van der Waals surface area (Å²) in [6, 6.07) is 6.14. The molecular formula is C22H27FN4O3. The zero-order valence-corrected chi connectivity index (χ0v) is 17.5. The van der Waals surface area contributed by atoms with Gasteiger partial charge in [0, 0.05) is 51.3 Å². The number of aryl methyl sites for hydroxylation is 2. The molecule has 0 radical (unpaired) electrons. The largest absolute Gasteiger partial charge is 0.372 e. The Bertz CT molecular complexity index is 960. The van der Waals surface area contributed by atoms with Gasteiger partial charge in [-0.15, -0.1) is 0 Å². The van der Waals surface area contributed by atoms with Crippen LogP contribution in [-0.2, 0) is 16.6 Å². The molecule has 2 aromatic rings. The molecule has 2 aliphatic heterocycles. The zero-order chi connectivity index (χ0) is 21.4. The quantitative estimate of drug-likeness (QED) is 0.752. The van der Waals surface area contributed by atoms with Crippen molar-refractivity contribution in [2.75, 3.05) is 32.8 Å². The minimum Gasteiger partial charge on any atom is -0.372 e. The lowest BCUT2D eigenvalue weighted by Crippen LogP contribution is -2.38. The molecule has 4 rings (SSSR count). The van der Waals surface area contributed by atoms with E-state index in [1.165, 1.54) is 12.1 Å². The predicted octanol–water partition coefficient (Wildman–Crippen LogP) is 2.18. The summed E-state index contributed by atoms with van der Waals surface area (Å²) in [4.78, 5) is 29.5. The number of aromatic nitrogens is 2. The molecule has 8 heteroatoms. The number of fused-ring (bicyclic) bond motifs is 1. The molecule has 3 atom stereocenters. The summed E-state index contributed by atoms with van der Waals surface area (Å²) in [5.41, 5.74) is 1.99. The maximum absolute atomic E-state index is 14.0. The van der Waals surface area contributed by atoms with E-state index in [1.54, 1.807) is 24.0 Å². The lowest BCUT2D eigenvalue weighted by molar-refractivity contribution is -0.135. The van der Waals surface area contributed by atoms with Gasteiger partial charge in [-0.3, -0.25) is 14.3 Å². The number of halogens is 1. The van der Waals surface area contributed by atoms with Gasteiger partial charge in [-0.05, 0) is 31.5 Å². The normalized spacial score (nSPS) is 23.1. The lowest BCUT2D eigenvalue weighted by atomic mass is 9.89. The maximum atomic E-state index is 14.0. The van der Waals surface area contributed by atoms with Crippen molar-refractivity contribution in [1.29, 1.82) is 0 Å². The zero-order valence-electron chi connectivity index (χ0n) is 17.5. The molecule has 3 heterocycles. The van der Waals surface area contributed by atoms with Crippen molar-refractivity contribution in [2.24, 2.45) is 18.9 Å². The summed E-state index contributed by atoms with van der Waals surface area (Å²) in [6.07, 6.45) is 1.73. The molecule has 0 saturated carbocycles. The monoisotopic (exact) mass is 414 g/mol. The topological polar surface area (TPSA) is 67.7 Å². The van der Waals surface area contributed by atoms with Gasteiger partial charge in [0.25, 0.3) is 5.91 Å². The van der Waals surface area contributed by atoms with E-state index in [4.69, 9.17) is 4.74 Å². The SMILES string of the molecule is CCOCC(=O)N1C[C@H]2CN(C(=O)c3cn(C)nc3C)[C@H](c3cccc(F)c3)[C@H]2C1. The molecule has 2 amide bonds. The molecule has 1 aromatic carbocycles. The summed E-state index contributed by atoms with van der Waals surface area (Å²) in [6.45, 7) is 5.87. The van der Waals surface area contributed by atoms with Crippen molar-refractivity contribution >= 4 is 11.8 Å². The third-order valence-corrected chi connectivity index (χ3v) is 6.14. The van der Waals surface area contributed by atoms with Crippen LogP contribution in [0.5, 0.6) is 0 Å². The summed E-state index contributed by atoms with van der Waals surface area (Å²) < 4.78 is 20.9. The van der Waals surface area contributed by atoms with Crippen LogP contribution >= 0.6 is 0 Å². The average Bonchev–Trinajstić information content (AvgIpc) is 3.37. The van der Waals surface area contributed by atoms with Crippen molar-refractivity contribution in [1.82, 2.24) is 19.6 Å². The van der Waals surface area contributed by atoms with Gasteiger partial charge < -0.3 is 14.5 Å². The first kappa shape index (κ1) is 20.5. The molecule has 0 bridgehead atoms. The number of amides is 2. The molecule has 0 aliphatic carbocycles. The summed E-state index contributed by atoms with van der Waals surface area (Å²) in [5.74, 6) is -0.270. The highest BCUT2D eigenvalue weighted by Crippen LogP contribution is 2.45. The van der Waals surface area contributed by atoms with E-state index >= 15 is 0 Å². The fourth-order valence-electron chi connectivity index (χ4n) is 4.82. The summed E-state index contributed by atoms with van der Waals surface area (Å²) >= 11 is 0. The lowest BCUT2D eigenvalue weighted by Gasteiger charge is -2.30. The smallest absolute Gasteiger partial charge is 0.257 e. The molecule has 160 valence electrons. The second-order valence-electron chi connectivity index (χ2n) is 8.12. The van der Waals surface area contributed by atoms with Crippen molar-refractivity contribution in [3.8, 4) is 0 Å². The van der Waals surface area contributed by atoms with Gasteiger partial charge >= 0.3 is 0 Å². The van der Waals surface area contributed by atoms with Crippen LogP contribution < -0.4 is 0 Å². The number of hydrogen-bond donors (Lipinski definition) is 0. The van der Waals surface area contributed by atoms with E-state index < -0.39 is 0 Å². The van der Waals surface area contributed by atoms with Crippen molar-refractivity contribution in [2.45, 2.75) is 19.9 Å². The first-order valence-corrected chi connectivity index (χ1v) is 10.3.